The number of nitrogens with zero attached hydrogens (tertiary/aromatic N) is 6. The summed E-state index contributed by atoms with van der Waals surface area (Å²) < 4.78 is 3.43. The van der Waals surface area contributed by atoms with E-state index in [4.69, 9.17) is 5.26 Å². The summed E-state index contributed by atoms with van der Waals surface area (Å²) in [7, 11) is 0. The van der Waals surface area contributed by atoms with Crippen molar-refractivity contribution in [2.24, 2.45) is 0 Å². The van der Waals surface area contributed by atoms with Crippen LogP contribution < -0.4 is 0 Å². The van der Waals surface area contributed by atoms with Crippen molar-refractivity contribution in [3.63, 3.8) is 0 Å². The molecular weight excluding hydrogens is 324 g/mol. The lowest BCUT2D eigenvalue weighted by atomic mass is 10.1. The van der Waals surface area contributed by atoms with Crippen LogP contribution in [0, 0.1) is 11.3 Å². The SMILES string of the molecule is N#Cc1ccc(/C=C/c2cc(-n3cccn3)nc(-n3cccn3)c2)cc1. The van der Waals surface area contributed by atoms with Crippen molar-refractivity contribution in [1.29, 1.82) is 5.26 Å². The van der Waals surface area contributed by atoms with E-state index in [2.05, 4.69) is 21.3 Å². The van der Waals surface area contributed by atoms with Crippen molar-refractivity contribution >= 4 is 12.2 Å². The minimum atomic E-state index is 0.646. The summed E-state index contributed by atoms with van der Waals surface area (Å²) >= 11 is 0. The molecule has 0 N–H and O–H groups in total. The summed E-state index contributed by atoms with van der Waals surface area (Å²) in [5.74, 6) is 1.42. The molecule has 0 unspecified atom stereocenters. The van der Waals surface area contributed by atoms with Gasteiger partial charge < -0.3 is 0 Å². The number of hydrogen-bond acceptors (Lipinski definition) is 4. The lowest BCUT2D eigenvalue weighted by Gasteiger charge is -2.07. The van der Waals surface area contributed by atoms with Gasteiger partial charge in [0.15, 0.2) is 11.6 Å². The zero-order valence-corrected chi connectivity index (χ0v) is 13.8. The second-order valence-corrected chi connectivity index (χ2v) is 5.59. The van der Waals surface area contributed by atoms with Gasteiger partial charge in [0.05, 0.1) is 11.6 Å². The first kappa shape index (κ1) is 15.5. The van der Waals surface area contributed by atoms with Crippen molar-refractivity contribution in [2.75, 3.05) is 0 Å². The molecule has 26 heavy (non-hydrogen) atoms. The number of pyridine rings is 1. The minimum absolute atomic E-state index is 0.646. The molecule has 0 aliphatic heterocycles. The van der Waals surface area contributed by atoms with Gasteiger partial charge in [0, 0.05) is 24.8 Å². The van der Waals surface area contributed by atoms with E-state index in [0.29, 0.717) is 17.2 Å². The highest BCUT2D eigenvalue weighted by atomic mass is 15.3. The second kappa shape index (κ2) is 6.87. The van der Waals surface area contributed by atoms with E-state index < -0.39 is 0 Å². The van der Waals surface area contributed by atoms with Crippen LogP contribution in [0.4, 0.5) is 0 Å². The molecule has 0 saturated heterocycles. The molecule has 6 heteroatoms. The van der Waals surface area contributed by atoms with Crippen LogP contribution in [-0.4, -0.2) is 24.5 Å². The van der Waals surface area contributed by atoms with Gasteiger partial charge in [-0.15, -0.1) is 0 Å². The van der Waals surface area contributed by atoms with Crippen LogP contribution in [0.25, 0.3) is 23.8 Å². The maximum Gasteiger partial charge on any atom is 0.156 e. The smallest absolute Gasteiger partial charge is 0.156 e. The average Bonchev–Trinajstić information content (AvgIpc) is 3.40. The van der Waals surface area contributed by atoms with Crippen LogP contribution in [0.5, 0.6) is 0 Å². The third-order valence-electron chi connectivity index (χ3n) is 3.81. The Morgan fingerprint density at radius 2 is 1.38 bits per heavy atom. The first-order valence-electron chi connectivity index (χ1n) is 8.02. The van der Waals surface area contributed by atoms with Gasteiger partial charge in [-0.05, 0) is 47.5 Å². The Kier molecular flexibility index (Phi) is 4.11. The zero-order valence-electron chi connectivity index (χ0n) is 13.8. The highest BCUT2D eigenvalue weighted by molar-refractivity contribution is 5.71. The molecule has 124 valence electrons. The second-order valence-electron chi connectivity index (χ2n) is 5.59. The van der Waals surface area contributed by atoms with Gasteiger partial charge in [-0.3, -0.25) is 0 Å². The molecule has 4 rings (SSSR count). The third kappa shape index (κ3) is 3.28. The fourth-order valence-corrected chi connectivity index (χ4v) is 2.52. The van der Waals surface area contributed by atoms with Gasteiger partial charge in [-0.1, -0.05) is 24.3 Å². The Morgan fingerprint density at radius 1 is 0.808 bits per heavy atom. The van der Waals surface area contributed by atoms with Crippen molar-refractivity contribution in [3.05, 3.63) is 90.0 Å². The Morgan fingerprint density at radius 3 is 1.88 bits per heavy atom. The quantitative estimate of drug-likeness (QED) is 0.571. The number of nitriles is 1. The van der Waals surface area contributed by atoms with E-state index in [1.165, 1.54) is 0 Å². The number of rotatable bonds is 4. The van der Waals surface area contributed by atoms with Gasteiger partial charge >= 0.3 is 0 Å². The summed E-state index contributed by atoms with van der Waals surface area (Å²) in [6.07, 6.45) is 11.1. The molecule has 0 spiro atoms. The molecule has 0 atom stereocenters. The van der Waals surface area contributed by atoms with Crippen LogP contribution in [0.2, 0.25) is 0 Å². The fraction of sp³-hybridized carbons (Fsp3) is 0. The first-order valence-corrected chi connectivity index (χ1v) is 8.02. The Labute approximate surface area is 150 Å². The van der Waals surface area contributed by atoms with Crippen molar-refractivity contribution in [3.8, 4) is 17.7 Å². The van der Waals surface area contributed by atoms with Gasteiger partial charge in [0.1, 0.15) is 0 Å². The topological polar surface area (TPSA) is 72.3 Å². The standard InChI is InChI=1S/C20H14N6/c21-15-17-6-3-16(4-7-17)5-8-18-13-19(25-11-1-9-22-25)24-20(14-18)26-12-2-10-23-26/h1-14H/b8-5+. The molecule has 0 bridgehead atoms. The molecule has 0 radical (unpaired) electrons. The van der Waals surface area contributed by atoms with Crippen LogP contribution >= 0.6 is 0 Å². The number of hydrogen-bond donors (Lipinski definition) is 0. The van der Waals surface area contributed by atoms with Crippen molar-refractivity contribution in [1.82, 2.24) is 24.5 Å². The van der Waals surface area contributed by atoms with E-state index >= 15 is 0 Å². The van der Waals surface area contributed by atoms with E-state index in [1.807, 2.05) is 60.9 Å². The van der Waals surface area contributed by atoms with Gasteiger partial charge in [-0.25, -0.2) is 14.3 Å². The maximum absolute atomic E-state index is 8.89. The predicted octanol–water partition coefficient (Wildman–Crippen LogP) is 3.50. The first-order chi connectivity index (χ1) is 12.8. The molecular formula is C20H14N6. The number of aromatic nitrogens is 5. The van der Waals surface area contributed by atoms with Crippen LogP contribution in [-0.2, 0) is 0 Å². The van der Waals surface area contributed by atoms with Gasteiger partial charge in [0.2, 0.25) is 0 Å². The lowest BCUT2D eigenvalue weighted by molar-refractivity contribution is 0.803. The van der Waals surface area contributed by atoms with Crippen LogP contribution in [0.15, 0.2) is 73.3 Å². The number of benzene rings is 1. The molecule has 3 aromatic heterocycles. The van der Waals surface area contributed by atoms with E-state index in [1.54, 1.807) is 33.9 Å². The predicted molar refractivity (Wildman–Crippen MR) is 98.6 cm³/mol. The van der Waals surface area contributed by atoms with Gasteiger partial charge in [0.25, 0.3) is 0 Å². The van der Waals surface area contributed by atoms with Crippen LogP contribution in [0.3, 0.4) is 0 Å². The van der Waals surface area contributed by atoms with E-state index in [9.17, 15) is 0 Å². The third-order valence-corrected chi connectivity index (χ3v) is 3.81. The Hall–Kier alpha value is -3.98. The molecule has 6 nitrogen and oxygen atoms in total. The van der Waals surface area contributed by atoms with E-state index in [-0.39, 0.29) is 0 Å². The monoisotopic (exact) mass is 338 g/mol. The Balaban J connectivity index is 1.72. The molecule has 1 aromatic carbocycles. The summed E-state index contributed by atoms with van der Waals surface area (Å²) in [4.78, 5) is 4.63. The molecule has 0 saturated carbocycles. The molecule has 4 aromatic rings. The van der Waals surface area contributed by atoms with Gasteiger partial charge in [-0.2, -0.15) is 15.5 Å². The molecule has 0 aliphatic carbocycles. The maximum atomic E-state index is 8.89. The van der Waals surface area contributed by atoms with Crippen molar-refractivity contribution in [2.45, 2.75) is 0 Å². The summed E-state index contributed by atoms with van der Waals surface area (Å²) in [6, 6.07) is 17.2. The normalized spacial score (nSPS) is 10.9. The molecule has 0 amide bonds. The summed E-state index contributed by atoms with van der Waals surface area (Å²) in [5, 5.41) is 17.4. The average molecular weight is 338 g/mol. The largest absolute Gasteiger partial charge is 0.223 e. The lowest BCUT2D eigenvalue weighted by Crippen LogP contribution is -2.04. The van der Waals surface area contributed by atoms with Crippen molar-refractivity contribution < 1.29 is 0 Å². The van der Waals surface area contributed by atoms with E-state index in [0.717, 1.165) is 11.1 Å². The minimum Gasteiger partial charge on any atom is -0.223 e. The molecule has 0 aliphatic rings. The summed E-state index contributed by atoms with van der Waals surface area (Å²) in [6.45, 7) is 0. The summed E-state index contributed by atoms with van der Waals surface area (Å²) in [5.41, 5.74) is 2.63. The highest BCUT2D eigenvalue weighted by Gasteiger charge is 2.06. The molecule has 3 heterocycles. The highest BCUT2D eigenvalue weighted by Crippen LogP contribution is 2.16. The zero-order chi connectivity index (χ0) is 17.8. The fourth-order valence-electron chi connectivity index (χ4n) is 2.52. The Bertz CT molecular complexity index is 1020. The molecule has 0 fully saturated rings. The van der Waals surface area contributed by atoms with Crippen LogP contribution in [0.1, 0.15) is 16.7 Å².